The second-order valence-electron chi connectivity index (χ2n) is 13.7. The molecule has 0 saturated heterocycles. The van der Waals surface area contributed by atoms with Crippen molar-refractivity contribution in [3.63, 3.8) is 0 Å². The Morgan fingerprint density at radius 2 is 1.58 bits per heavy atom. The minimum atomic E-state index is -4.66. The summed E-state index contributed by atoms with van der Waals surface area (Å²) < 4.78 is 33.0. The van der Waals surface area contributed by atoms with Crippen molar-refractivity contribution in [2.45, 2.75) is 83.8 Å². The van der Waals surface area contributed by atoms with E-state index in [9.17, 15) is 32.9 Å². The third-order valence-electron chi connectivity index (χ3n) is 8.33. The zero-order valence-electron chi connectivity index (χ0n) is 29.6. The summed E-state index contributed by atoms with van der Waals surface area (Å²) >= 11 is 0. The van der Waals surface area contributed by atoms with Crippen LogP contribution in [-0.4, -0.2) is 75.3 Å². The Morgan fingerprint density at radius 1 is 1.00 bits per heavy atom. The number of carbonyl (C=O) groups is 3. The van der Waals surface area contributed by atoms with Crippen LogP contribution < -0.4 is 20.1 Å². The number of hydrogen-bond acceptors (Lipinski definition) is 9. The van der Waals surface area contributed by atoms with Gasteiger partial charge in [0.1, 0.15) is 11.8 Å². The van der Waals surface area contributed by atoms with Gasteiger partial charge in [-0.1, -0.05) is 84.9 Å². The van der Waals surface area contributed by atoms with E-state index < -0.39 is 66.3 Å². The first-order valence-electron chi connectivity index (χ1n) is 15.5. The Balaban J connectivity index is 2.38. The number of ether oxygens (including phenoxy) is 1. The van der Waals surface area contributed by atoms with Gasteiger partial charge in [0.2, 0.25) is 11.8 Å². The molecule has 0 saturated carbocycles. The predicted octanol–water partition coefficient (Wildman–Crippen LogP) is 3.93. The van der Waals surface area contributed by atoms with Crippen LogP contribution in [0, 0.1) is 21.4 Å². The lowest BCUT2D eigenvalue weighted by molar-refractivity contribution is -0.387. The van der Waals surface area contributed by atoms with E-state index in [4.69, 9.17) is 4.74 Å². The standard InChI is InChI=1S/C34H49N5O8S/c1-21(2)25(19-22(3)30(40)37-48(45,46)27-18-17-24(47-11)20-26(27)39(43)44)38(10)32(42)29(33(4,5)6)36-31(41)28(35-9)34(7,8)23-15-13-12-14-16-23/h12-21,25,28-29,35H,1-11H3,(H,36,41)(H,37,40)/b22-19+/t25-,28-,29-/m1/s1. The number of nitro benzene ring substituents is 1. The Labute approximate surface area is 283 Å². The largest absolute Gasteiger partial charge is 0.497 e. The van der Waals surface area contributed by atoms with Gasteiger partial charge in [-0.05, 0) is 43.0 Å². The van der Waals surface area contributed by atoms with Gasteiger partial charge in [-0.25, -0.2) is 13.1 Å². The third-order valence-corrected chi connectivity index (χ3v) is 9.70. The molecule has 0 fully saturated rings. The number of nitro groups is 1. The number of sulfonamides is 1. The molecular weight excluding hydrogens is 638 g/mol. The molecule has 2 aromatic carbocycles. The molecule has 3 N–H and O–H groups in total. The van der Waals surface area contributed by atoms with E-state index in [-0.39, 0.29) is 23.1 Å². The van der Waals surface area contributed by atoms with E-state index in [0.29, 0.717) is 0 Å². The van der Waals surface area contributed by atoms with Crippen LogP contribution in [0.2, 0.25) is 0 Å². The lowest BCUT2D eigenvalue weighted by Crippen LogP contribution is -2.61. The van der Waals surface area contributed by atoms with E-state index in [0.717, 1.165) is 17.7 Å². The van der Waals surface area contributed by atoms with Crippen molar-refractivity contribution >= 4 is 33.4 Å². The fourth-order valence-electron chi connectivity index (χ4n) is 5.41. The average molecular weight is 688 g/mol. The number of amides is 3. The number of rotatable bonds is 14. The monoisotopic (exact) mass is 687 g/mol. The number of carbonyl (C=O) groups excluding carboxylic acids is 3. The summed E-state index contributed by atoms with van der Waals surface area (Å²) in [6.07, 6.45) is 1.46. The van der Waals surface area contributed by atoms with Crippen LogP contribution in [0.15, 0.2) is 65.1 Å². The molecule has 13 nitrogen and oxygen atoms in total. The molecule has 264 valence electrons. The molecule has 0 heterocycles. The smallest absolute Gasteiger partial charge is 0.293 e. The lowest BCUT2D eigenvalue weighted by atomic mass is 9.76. The molecule has 0 aromatic heterocycles. The lowest BCUT2D eigenvalue weighted by Gasteiger charge is -2.40. The number of nitrogens with one attached hydrogen (secondary N) is 3. The van der Waals surface area contributed by atoms with Crippen LogP contribution >= 0.6 is 0 Å². The van der Waals surface area contributed by atoms with Gasteiger partial charge in [0.05, 0.1) is 30.2 Å². The molecule has 3 atom stereocenters. The van der Waals surface area contributed by atoms with Crippen LogP contribution in [0.5, 0.6) is 5.75 Å². The summed E-state index contributed by atoms with van der Waals surface area (Å²) in [4.78, 5) is 52.4. The molecular formula is C34H49N5O8S. The summed E-state index contributed by atoms with van der Waals surface area (Å²) in [5, 5.41) is 17.6. The molecule has 0 radical (unpaired) electrons. The summed E-state index contributed by atoms with van der Waals surface area (Å²) in [7, 11) is -0.135. The average Bonchev–Trinajstić information content (AvgIpc) is 3.00. The van der Waals surface area contributed by atoms with Crippen molar-refractivity contribution in [1.29, 1.82) is 0 Å². The van der Waals surface area contributed by atoms with Crippen molar-refractivity contribution in [3.05, 3.63) is 75.9 Å². The molecule has 0 aliphatic heterocycles. The zero-order valence-corrected chi connectivity index (χ0v) is 30.4. The first-order chi connectivity index (χ1) is 22.1. The van der Waals surface area contributed by atoms with Crippen LogP contribution in [0.1, 0.15) is 61.0 Å². The summed E-state index contributed by atoms with van der Waals surface area (Å²) in [5.74, 6) is -1.96. The second kappa shape index (κ2) is 15.7. The molecule has 0 spiro atoms. The molecule has 0 bridgehead atoms. The molecule has 48 heavy (non-hydrogen) atoms. The van der Waals surface area contributed by atoms with Crippen LogP contribution in [0.25, 0.3) is 0 Å². The topological polar surface area (TPSA) is 177 Å². The van der Waals surface area contributed by atoms with Gasteiger partial charge >= 0.3 is 0 Å². The van der Waals surface area contributed by atoms with Gasteiger partial charge in [0.25, 0.3) is 21.6 Å². The molecule has 0 aliphatic carbocycles. The zero-order chi connectivity index (χ0) is 36.8. The van der Waals surface area contributed by atoms with Gasteiger partial charge < -0.3 is 20.3 Å². The Bertz CT molecular complexity index is 1630. The Hall–Kier alpha value is -4.30. The van der Waals surface area contributed by atoms with E-state index in [1.807, 2.05) is 83.5 Å². The van der Waals surface area contributed by atoms with Crippen molar-refractivity contribution in [1.82, 2.24) is 20.3 Å². The van der Waals surface area contributed by atoms with Crippen LogP contribution in [0.4, 0.5) is 5.69 Å². The van der Waals surface area contributed by atoms with Crippen molar-refractivity contribution in [2.24, 2.45) is 11.3 Å². The molecule has 14 heteroatoms. The molecule has 0 unspecified atom stereocenters. The SMILES string of the molecule is CN[C@H](C(=O)N[C@H](C(=O)N(C)[C@H](/C=C(\C)C(=O)NS(=O)(=O)c1ccc(OC)cc1[N+](=O)[O-])C(C)C)C(C)(C)C)C(C)(C)c1ccccc1. The Morgan fingerprint density at radius 3 is 2.06 bits per heavy atom. The Kier molecular flexibility index (Phi) is 13.1. The van der Waals surface area contributed by atoms with Gasteiger partial charge in [0.15, 0.2) is 4.90 Å². The first kappa shape index (κ1) is 39.9. The summed E-state index contributed by atoms with van der Waals surface area (Å²) in [6.45, 7) is 14.4. The van der Waals surface area contributed by atoms with Crippen molar-refractivity contribution in [2.75, 3.05) is 21.2 Å². The second-order valence-corrected chi connectivity index (χ2v) is 15.3. The number of benzene rings is 2. The maximum atomic E-state index is 14.1. The van der Waals surface area contributed by atoms with Gasteiger partial charge in [-0.15, -0.1) is 0 Å². The van der Waals surface area contributed by atoms with E-state index in [1.165, 1.54) is 31.1 Å². The van der Waals surface area contributed by atoms with E-state index in [1.54, 1.807) is 14.1 Å². The molecule has 2 aromatic rings. The van der Waals surface area contributed by atoms with Crippen molar-refractivity contribution < 1.29 is 32.5 Å². The normalized spacial score (nSPS) is 14.5. The van der Waals surface area contributed by atoms with Gasteiger partial charge in [-0.3, -0.25) is 24.5 Å². The summed E-state index contributed by atoms with van der Waals surface area (Å²) in [5.41, 5.74) is -1.20. The molecule has 0 aliphatic rings. The number of nitrogens with zero attached hydrogens (tertiary/aromatic N) is 2. The van der Waals surface area contributed by atoms with Gasteiger partial charge in [-0.2, -0.15) is 0 Å². The number of hydrogen-bond donors (Lipinski definition) is 3. The minimum absolute atomic E-state index is 0.0377. The summed E-state index contributed by atoms with van der Waals surface area (Å²) in [6, 6.07) is 10.4. The molecule has 3 amide bonds. The molecule has 2 rings (SSSR count). The van der Waals surface area contributed by atoms with Crippen LogP contribution in [0.3, 0.4) is 0 Å². The number of methoxy groups -OCH3 is 1. The fraction of sp³-hybridized carbons (Fsp3) is 0.500. The maximum absolute atomic E-state index is 14.1. The maximum Gasteiger partial charge on any atom is 0.293 e. The van der Waals surface area contributed by atoms with Crippen LogP contribution in [-0.2, 0) is 29.8 Å². The fourth-order valence-corrected chi connectivity index (χ4v) is 6.58. The minimum Gasteiger partial charge on any atom is -0.497 e. The van der Waals surface area contributed by atoms with Gasteiger partial charge in [0, 0.05) is 18.0 Å². The highest BCUT2D eigenvalue weighted by Gasteiger charge is 2.41. The highest BCUT2D eigenvalue weighted by Crippen LogP contribution is 2.30. The number of likely N-dealkylation sites (N-methyl/N-ethyl adjacent to an activating group) is 2. The highest BCUT2D eigenvalue weighted by atomic mass is 32.2. The first-order valence-corrected chi connectivity index (χ1v) is 17.0. The van der Waals surface area contributed by atoms with E-state index >= 15 is 0 Å². The quantitative estimate of drug-likeness (QED) is 0.151. The highest BCUT2D eigenvalue weighted by molar-refractivity contribution is 7.90. The third kappa shape index (κ3) is 9.41. The van der Waals surface area contributed by atoms with E-state index in [2.05, 4.69) is 10.6 Å². The van der Waals surface area contributed by atoms with Crippen molar-refractivity contribution in [3.8, 4) is 5.75 Å². The predicted molar refractivity (Wildman–Crippen MR) is 184 cm³/mol.